The first-order valence-corrected chi connectivity index (χ1v) is 7.71. The molecule has 0 bridgehead atoms. The van der Waals surface area contributed by atoms with Crippen molar-refractivity contribution in [2.75, 3.05) is 21.3 Å². The van der Waals surface area contributed by atoms with Gasteiger partial charge >= 0.3 is 8.80 Å². The number of hydrogen-bond acceptors (Lipinski definition) is 3. The van der Waals surface area contributed by atoms with Crippen molar-refractivity contribution in [1.29, 1.82) is 0 Å². The van der Waals surface area contributed by atoms with Crippen molar-refractivity contribution >= 4 is 8.80 Å². The van der Waals surface area contributed by atoms with Crippen molar-refractivity contribution in [3.63, 3.8) is 0 Å². The van der Waals surface area contributed by atoms with Crippen molar-refractivity contribution in [3.8, 4) is 0 Å². The number of aryl methyl sites for hydroxylation is 3. The molecule has 0 aliphatic heterocycles. The molecule has 0 atom stereocenters. The molecule has 1 rings (SSSR count). The summed E-state index contributed by atoms with van der Waals surface area (Å²) in [4.78, 5) is 0. The lowest BCUT2D eigenvalue weighted by atomic mass is 10.1. The van der Waals surface area contributed by atoms with Crippen LogP contribution in [0.5, 0.6) is 0 Å². The first-order valence-electron chi connectivity index (χ1n) is 5.78. The molecule has 0 unspecified atom stereocenters. The van der Waals surface area contributed by atoms with Crippen LogP contribution in [0.15, 0.2) is 18.2 Å². The van der Waals surface area contributed by atoms with E-state index in [0.29, 0.717) is 0 Å². The van der Waals surface area contributed by atoms with Crippen LogP contribution in [0, 0.1) is 13.8 Å². The lowest BCUT2D eigenvalue weighted by Crippen LogP contribution is -2.43. The third-order valence-corrected chi connectivity index (χ3v) is 5.95. The summed E-state index contributed by atoms with van der Waals surface area (Å²) >= 11 is 0. The van der Waals surface area contributed by atoms with Crippen molar-refractivity contribution in [1.82, 2.24) is 0 Å². The van der Waals surface area contributed by atoms with Gasteiger partial charge in [0.05, 0.1) is 0 Å². The van der Waals surface area contributed by atoms with Gasteiger partial charge in [-0.05, 0) is 37.0 Å². The SMILES string of the molecule is CO[Si](CCc1ccc(C)c(C)c1)(OC)OC. The highest BCUT2D eigenvalue weighted by atomic mass is 28.4. The van der Waals surface area contributed by atoms with E-state index in [1.165, 1.54) is 16.7 Å². The van der Waals surface area contributed by atoms with Crippen LogP contribution in [0.1, 0.15) is 16.7 Å². The van der Waals surface area contributed by atoms with Gasteiger partial charge in [-0.25, -0.2) is 0 Å². The molecule has 0 aliphatic rings. The molecule has 96 valence electrons. The third kappa shape index (κ3) is 3.64. The molecule has 4 heteroatoms. The van der Waals surface area contributed by atoms with Crippen LogP contribution < -0.4 is 0 Å². The topological polar surface area (TPSA) is 27.7 Å². The van der Waals surface area contributed by atoms with Gasteiger partial charge in [0.1, 0.15) is 0 Å². The Kier molecular flexibility index (Phi) is 5.33. The number of benzene rings is 1. The molecule has 0 N–H and O–H groups in total. The zero-order valence-electron chi connectivity index (χ0n) is 11.4. The van der Waals surface area contributed by atoms with Gasteiger partial charge in [0, 0.05) is 27.4 Å². The molecule has 0 saturated carbocycles. The molecule has 0 aromatic heterocycles. The molecule has 0 heterocycles. The van der Waals surface area contributed by atoms with Gasteiger partial charge in [0.25, 0.3) is 0 Å². The molecule has 1 aromatic rings. The molecule has 0 spiro atoms. The van der Waals surface area contributed by atoms with Crippen LogP contribution in [0.2, 0.25) is 6.04 Å². The summed E-state index contributed by atoms with van der Waals surface area (Å²) in [6.45, 7) is 4.25. The fraction of sp³-hybridized carbons (Fsp3) is 0.538. The quantitative estimate of drug-likeness (QED) is 0.731. The molecule has 0 radical (unpaired) electrons. The standard InChI is InChI=1S/C13H22O3Si/c1-11-6-7-13(10-12(11)2)8-9-17(14-3,15-4)16-5/h6-7,10H,8-9H2,1-5H3. The number of hydrogen-bond donors (Lipinski definition) is 0. The van der Waals surface area contributed by atoms with Gasteiger partial charge in [-0.15, -0.1) is 0 Å². The molecule has 0 aliphatic carbocycles. The second kappa shape index (κ2) is 6.30. The maximum absolute atomic E-state index is 5.41. The Morgan fingerprint density at radius 3 is 2.00 bits per heavy atom. The Balaban J connectivity index is 2.68. The average molecular weight is 254 g/mol. The maximum atomic E-state index is 5.41. The van der Waals surface area contributed by atoms with E-state index in [-0.39, 0.29) is 0 Å². The van der Waals surface area contributed by atoms with Gasteiger partial charge in [-0.1, -0.05) is 18.2 Å². The lowest BCUT2D eigenvalue weighted by Gasteiger charge is -2.24. The average Bonchev–Trinajstić information content (AvgIpc) is 2.36. The van der Waals surface area contributed by atoms with E-state index < -0.39 is 8.80 Å². The zero-order chi connectivity index (χ0) is 12.9. The summed E-state index contributed by atoms with van der Waals surface area (Å²) < 4.78 is 16.2. The van der Waals surface area contributed by atoms with E-state index >= 15 is 0 Å². The molecular weight excluding hydrogens is 232 g/mol. The molecule has 1 aromatic carbocycles. The summed E-state index contributed by atoms with van der Waals surface area (Å²) in [7, 11) is 2.53. The molecule has 0 saturated heterocycles. The summed E-state index contributed by atoms with van der Waals surface area (Å²) in [6, 6.07) is 7.33. The molecule has 17 heavy (non-hydrogen) atoms. The number of rotatable bonds is 6. The smallest absolute Gasteiger partial charge is 0.377 e. The predicted molar refractivity (Wildman–Crippen MR) is 71.2 cm³/mol. The van der Waals surface area contributed by atoms with Gasteiger partial charge in [0.2, 0.25) is 0 Å². The van der Waals surface area contributed by atoms with Crippen molar-refractivity contribution in [2.45, 2.75) is 26.3 Å². The van der Waals surface area contributed by atoms with Crippen molar-refractivity contribution < 1.29 is 13.3 Å². The minimum Gasteiger partial charge on any atom is -0.377 e. The first kappa shape index (κ1) is 14.4. The summed E-state index contributed by atoms with van der Waals surface area (Å²) in [5.74, 6) is 0. The Morgan fingerprint density at radius 1 is 0.941 bits per heavy atom. The minimum absolute atomic E-state index is 0.805. The highest BCUT2D eigenvalue weighted by Gasteiger charge is 2.37. The van der Waals surface area contributed by atoms with Crippen molar-refractivity contribution in [3.05, 3.63) is 34.9 Å². The van der Waals surface area contributed by atoms with Crippen LogP contribution >= 0.6 is 0 Å². The van der Waals surface area contributed by atoms with Crippen LogP contribution in [0.4, 0.5) is 0 Å². The highest BCUT2D eigenvalue weighted by molar-refractivity contribution is 6.60. The second-order valence-electron chi connectivity index (χ2n) is 4.21. The predicted octanol–water partition coefficient (Wildman–Crippen LogP) is 2.72. The fourth-order valence-electron chi connectivity index (χ4n) is 1.81. The van der Waals surface area contributed by atoms with Gasteiger partial charge < -0.3 is 13.3 Å². The van der Waals surface area contributed by atoms with Gasteiger partial charge in [0.15, 0.2) is 0 Å². The van der Waals surface area contributed by atoms with Crippen LogP contribution in [-0.4, -0.2) is 30.1 Å². The van der Waals surface area contributed by atoms with Crippen LogP contribution in [0.25, 0.3) is 0 Å². The van der Waals surface area contributed by atoms with Crippen molar-refractivity contribution in [2.24, 2.45) is 0 Å². The van der Waals surface area contributed by atoms with Gasteiger partial charge in [-0.2, -0.15) is 0 Å². The molecule has 0 amide bonds. The van der Waals surface area contributed by atoms with Gasteiger partial charge in [-0.3, -0.25) is 0 Å². The molecular formula is C13H22O3Si. The second-order valence-corrected chi connectivity index (χ2v) is 7.30. The normalized spacial score (nSPS) is 11.8. The summed E-state index contributed by atoms with van der Waals surface area (Å²) in [5, 5.41) is 0. The van der Waals surface area contributed by atoms with E-state index in [1.807, 2.05) is 0 Å². The first-order chi connectivity index (χ1) is 8.06. The van der Waals surface area contributed by atoms with E-state index in [4.69, 9.17) is 13.3 Å². The Labute approximate surface area is 105 Å². The summed E-state index contributed by atoms with van der Waals surface area (Å²) in [6.07, 6.45) is 0.920. The minimum atomic E-state index is -2.43. The Bertz CT molecular complexity index is 353. The van der Waals surface area contributed by atoms with Crippen LogP contribution in [0.3, 0.4) is 0 Å². The molecule has 3 nitrogen and oxygen atoms in total. The fourth-order valence-corrected chi connectivity index (χ4v) is 3.52. The van der Waals surface area contributed by atoms with E-state index in [2.05, 4.69) is 32.0 Å². The van der Waals surface area contributed by atoms with E-state index in [9.17, 15) is 0 Å². The maximum Gasteiger partial charge on any atom is 0.500 e. The Hall–Kier alpha value is -0.683. The Morgan fingerprint density at radius 2 is 1.53 bits per heavy atom. The zero-order valence-corrected chi connectivity index (χ0v) is 12.4. The van der Waals surface area contributed by atoms with E-state index in [0.717, 1.165) is 12.5 Å². The highest BCUT2D eigenvalue weighted by Crippen LogP contribution is 2.18. The monoisotopic (exact) mass is 254 g/mol. The largest absolute Gasteiger partial charge is 0.500 e. The molecule has 0 fully saturated rings. The van der Waals surface area contributed by atoms with E-state index in [1.54, 1.807) is 21.3 Å². The summed E-state index contributed by atoms with van der Waals surface area (Å²) in [5.41, 5.74) is 3.95. The lowest BCUT2D eigenvalue weighted by molar-refractivity contribution is 0.123. The third-order valence-electron chi connectivity index (χ3n) is 3.22. The van der Waals surface area contributed by atoms with Crippen LogP contribution in [-0.2, 0) is 19.7 Å².